The molecule has 3 N–H and O–H groups in total. The standard InChI is InChI=1S/C12H15ClFN3O2/c1-7(2)16-12(19)17-11(18)6-15-10-4-3-8(13)5-9(10)14/h3-5,7,15H,6H2,1-2H3,(H2,16,17,18,19). The van der Waals surface area contributed by atoms with Crippen molar-refractivity contribution < 1.29 is 14.0 Å². The van der Waals surface area contributed by atoms with Crippen molar-refractivity contribution in [3.63, 3.8) is 0 Å². The van der Waals surface area contributed by atoms with Gasteiger partial charge in [-0.2, -0.15) is 0 Å². The van der Waals surface area contributed by atoms with Gasteiger partial charge in [-0.05, 0) is 32.0 Å². The molecule has 0 aliphatic heterocycles. The Morgan fingerprint density at radius 3 is 2.63 bits per heavy atom. The molecule has 1 aromatic rings. The molecule has 0 saturated carbocycles. The molecule has 0 saturated heterocycles. The molecule has 3 amide bonds. The molecule has 0 unspecified atom stereocenters. The Bertz CT molecular complexity index is 480. The molecule has 0 atom stereocenters. The number of amides is 3. The highest BCUT2D eigenvalue weighted by atomic mass is 35.5. The SMILES string of the molecule is CC(C)NC(=O)NC(=O)CNc1ccc(Cl)cc1F. The average Bonchev–Trinajstić information content (AvgIpc) is 2.26. The third-order valence-corrected chi connectivity index (χ3v) is 2.28. The summed E-state index contributed by atoms with van der Waals surface area (Å²) in [5.74, 6) is -1.13. The molecule has 0 spiro atoms. The fourth-order valence-electron chi connectivity index (χ4n) is 1.28. The van der Waals surface area contributed by atoms with Crippen molar-refractivity contribution in [2.24, 2.45) is 0 Å². The molecular weight excluding hydrogens is 273 g/mol. The minimum absolute atomic E-state index is 0.0746. The summed E-state index contributed by atoms with van der Waals surface area (Å²) < 4.78 is 13.4. The van der Waals surface area contributed by atoms with Crippen LogP contribution in [0.5, 0.6) is 0 Å². The molecule has 1 aromatic carbocycles. The molecule has 0 bridgehead atoms. The van der Waals surface area contributed by atoms with Crippen molar-refractivity contribution in [3.8, 4) is 0 Å². The first-order valence-electron chi connectivity index (χ1n) is 5.67. The minimum atomic E-state index is -0.585. The highest BCUT2D eigenvalue weighted by Crippen LogP contribution is 2.18. The average molecular weight is 288 g/mol. The first-order chi connectivity index (χ1) is 8.88. The molecule has 0 aliphatic carbocycles. The number of halogens is 2. The van der Waals surface area contributed by atoms with E-state index >= 15 is 0 Å². The number of nitrogens with one attached hydrogen (secondary N) is 3. The Morgan fingerprint density at radius 1 is 1.37 bits per heavy atom. The van der Waals surface area contributed by atoms with E-state index in [4.69, 9.17) is 11.6 Å². The number of hydrogen-bond donors (Lipinski definition) is 3. The maximum absolute atomic E-state index is 13.4. The van der Waals surface area contributed by atoms with Crippen LogP contribution in [-0.2, 0) is 4.79 Å². The van der Waals surface area contributed by atoms with Gasteiger partial charge in [0.15, 0.2) is 0 Å². The van der Waals surface area contributed by atoms with Gasteiger partial charge in [-0.3, -0.25) is 10.1 Å². The highest BCUT2D eigenvalue weighted by molar-refractivity contribution is 6.30. The fraction of sp³-hybridized carbons (Fsp3) is 0.333. The van der Waals surface area contributed by atoms with Gasteiger partial charge in [0.25, 0.3) is 0 Å². The summed E-state index contributed by atoms with van der Waals surface area (Å²) in [5.41, 5.74) is 0.142. The first kappa shape index (κ1) is 15.2. The summed E-state index contributed by atoms with van der Waals surface area (Å²) >= 11 is 5.60. The maximum Gasteiger partial charge on any atom is 0.321 e. The predicted octanol–water partition coefficient (Wildman–Crippen LogP) is 2.13. The molecule has 104 valence electrons. The summed E-state index contributed by atoms with van der Waals surface area (Å²) in [5, 5.41) is 7.45. The third-order valence-electron chi connectivity index (χ3n) is 2.04. The number of carbonyl (C=O) groups excluding carboxylic acids is 2. The van der Waals surface area contributed by atoms with Crippen LogP contribution in [0.2, 0.25) is 5.02 Å². The lowest BCUT2D eigenvalue weighted by atomic mass is 10.3. The van der Waals surface area contributed by atoms with E-state index in [1.165, 1.54) is 12.1 Å². The molecule has 1 rings (SSSR count). The smallest absolute Gasteiger partial charge is 0.321 e. The van der Waals surface area contributed by atoms with Gasteiger partial charge < -0.3 is 10.6 Å². The molecule has 19 heavy (non-hydrogen) atoms. The molecule has 0 fully saturated rings. The number of benzene rings is 1. The van der Waals surface area contributed by atoms with Crippen molar-refractivity contribution in [2.75, 3.05) is 11.9 Å². The molecule has 0 radical (unpaired) electrons. The second-order valence-electron chi connectivity index (χ2n) is 4.15. The Balaban J connectivity index is 2.44. The lowest BCUT2D eigenvalue weighted by Gasteiger charge is -2.10. The Kier molecular flexibility index (Phi) is 5.57. The normalized spacial score (nSPS) is 10.2. The van der Waals surface area contributed by atoms with Gasteiger partial charge in [0.2, 0.25) is 5.91 Å². The topological polar surface area (TPSA) is 70.2 Å². The van der Waals surface area contributed by atoms with Gasteiger partial charge in [-0.1, -0.05) is 11.6 Å². The number of imide groups is 1. The number of carbonyl (C=O) groups is 2. The van der Waals surface area contributed by atoms with E-state index in [9.17, 15) is 14.0 Å². The number of rotatable bonds is 4. The van der Waals surface area contributed by atoms with Crippen LogP contribution in [0.3, 0.4) is 0 Å². The van der Waals surface area contributed by atoms with E-state index in [0.717, 1.165) is 6.07 Å². The lowest BCUT2D eigenvalue weighted by Crippen LogP contribution is -2.44. The van der Waals surface area contributed by atoms with Crippen LogP contribution in [0.1, 0.15) is 13.8 Å². The van der Waals surface area contributed by atoms with E-state index in [0.29, 0.717) is 0 Å². The fourth-order valence-corrected chi connectivity index (χ4v) is 1.44. The van der Waals surface area contributed by atoms with Crippen molar-refractivity contribution in [1.29, 1.82) is 0 Å². The Hall–Kier alpha value is -1.82. The van der Waals surface area contributed by atoms with Crippen molar-refractivity contribution in [2.45, 2.75) is 19.9 Å². The minimum Gasteiger partial charge on any atom is -0.374 e. The molecule has 7 heteroatoms. The molecule has 0 aliphatic rings. The Labute approximate surface area is 115 Å². The monoisotopic (exact) mass is 287 g/mol. The summed E-state index contributed by atoms with van der Waals surface area (Å²) in [6, 6.07) is 3.38. The summed E-state index contributed by atoms with van der Waals surface area (Å²) in [7, 11) is 0. The summed E-state index contributed by atoms with van der Waals surface area (Å²) in [4.78, 5) is 22.6. The molecule has 5 nitrogen and oxygen atoms in total. The van der Waals surface area contributed by atoms with Crippen LogP contribution in [0.4, 0.5) is 14.9 Å². The summed E-state index contributed by atoms with van der Waals surface area (Å²) in [6.07, 6.45) is 0. The van der Waals surface area contributed by atoms with Gasteiger partial charge in [0, 0.05) is 11.1 Å². The van der Waals surface area contributed by atoms with Crippen molar-refractivity contribution in [1.82, 2.24) is 10.6 Å². The Morgan fingerprint density at radius 2 is 2.05 bits per heavy atom. The number of anilines is 1. The third kappa shape index (κ3) is 5.56. The van der Waals surface area contributed by atoms with Gasteiger partial charge in [-0.25, -0.2) is 9.18 Å². The highest BCUT2D eigenvalue weighted by Gasteiger charge is 2.09. The van der Waals surface area contributed by atoms with E-state index < -0.39 is 17.8 Å². The second-order valence-corrected chi connectivity index (χ2v) is 4.59. The predicted molar refractivity (Wildman–Crippen MR) is 71.7 cm³/mol. The zero-order valence-corrected chi connectivity index (χ0v) is 11.3. The van der Waals surface area contributed by atoms with E-state index in [2.05, 4.69) is 16.0 Å². The molecular formula is C12H15ClFN3O2. The lowest BCUT2D eigenvalue weighted by molar-refractivity contribution is -0.118. The van der Waals surface area contributed by atoms with E-state index in [-0.39, 0.29) is 23.3 Å². The van der Waals surface area contributed by atoms with Crippen LogP contribution in [0.15, 0.2) is 18.2 Å². The van der Waals surface area contributed by atoms with Crippen LogP contribution >= 0.6 is 11.6 Å². The number of hydrogen-bond acceptors (Lipinski definition) is 3. The van der Waals surface area contributed by atoms with Gasteiger partial charge in [-0.15, -0.1) is 0 Å². The van der Waals surface area contributed by atoms with Gasteiger partial charge in [0.05, 0.1) is 12.2 Å². The van der Waals surface area contributed by atoms with Crippen molar-refractivity contribution >= 4 is 29.2 Å². The van der Waals surface area contributed by atoms with Crippen molar-refractivity contribution in [3.05, 3.63) is 29.0 Å². The van der Waals surface area contributed by atoms with Crippen LogP contribution < -0.4 is 16.0 Å². The summed E-state index contributed by atoms with van der Waals surface area (Å²) in [6.45, 7) is 3.32. The number of urea groups is 1. The molecule has 0 heterocycles. The van der Waals surface area contributed by atoms with Crippen LogP contribution in [0, 0.1) is 5.82 Å². The maximum atomic E-state index is 13.4. The second kappa shape index (κ2) is 6.94. The van der Waals surface area contributed by atoms with Crippen LogP contribution in [-0.4, -0.2) is 24.5 Å². The zero-order chi connectivity index (χ0) is 14.4. The van der Waals surface area contributed by atoms with Gasteiger partial charge in [0.1, 0.15) is 5.82 Å². The van der Waals surface area contributed by atoms with E-state index in [1.807, 2.05) is 0 Å². The van der Waals surface area contributed by atoms with Gasteiger partial charge >= 0.3 is 6.03 Å². The molecule has 0 aromatic heterocycles. The zero-order valence-electron chi connectivity index (χ0n) is 10.6. The van der Waals surface area contributed by atoms with Crippen LogP contribution in [0.25, 0.3) is 0 Å². The largest absolute Gasteiger partial charge is 0.374 e. The quantitative estimate of drug-likeness (QED) is 0.794. The van der Waals surface area contributed by atoms with E-state index in [1.54, 1.807) is 13.8 Å². The first-order valence-corrected chi connectivity index (χ1v) is 6.05.